The van der Waals surface area contributed by atoms with Crippen molar-refractivity contribution in [1.82, 2.24) is 4.98 Å². The number of amides is 2. The van der Waals surface area contributed by atoms with Gasteiger partial charge >= 0.3 is 5.97 Å². The van der Waals surface area contributed by atoms with E-state index in [1.807, 2.05) is 0 Å². The second-order valence-corrected chi connectivity index (χ2v) is 7.37. The zero-order valence-electron chi connectivity index (χ0n) is 13.6. The molecule has 1 fully saturated rings. The standard InChI is InChI=1S/C17H17N3O4S/c1-17(2)11(12(17)15(23)24)14(22)19-10-5-3-4-9(8-10)13(21)20-16-18-6-7-25-16/h3-8,11-12H,1-2H3,(H,19,22)(H,23,24)(H,18,20,21)/t11-,12-/m1/s1. The first kappa shape index (κ1) is 17.1. The topological polar surface area (TPSA) is 108 Å². The maximum atomic E-state index is 12.4. The van der Waals surface area contributed by atoms with Gasteiger partial charge in [0.1, 0.15) is 0 Å². The predicted molar refractivity (Wildman–Crippen MR) is 93.5 cm³/mol. The molecule has 0 saturated heterocycles. The van der Waals surface area contributed by atoms with Gasteiger partial charge in [-0.25, -0.2) is 4.98 Å². The zero-order chi connectivity index (χ0) is 18.2. The van der Waals surface area contributed by atoms with Crippen LogP contribution in [0.5, 0.6) is 0 Å². The van der Waals surface area contributed by atoms with E-state index in [9.17, 15) is 19.5 Å². The number of aliphatic carboxylic acids is 1. The summed E-state index contributed by atoms with van der Waals surface area (Å²) in [5.41, 5.74) is 0.247. The first-order chi connectivity index (χ1) is 11.8. The number of rotatable bonds is 5. The summed E-state index contributed by atoms with van der Waals surface area (Å²) < 4.78 is 0. The van der Waals surface area contributed by atoms with Crippen LogP contribution in [-0.4, -0.2) is 27.9 Å². The highest BCUT2D eigenvalue weighted by Crippen LogP contribution is 2.58. The molecule has 1 saturated carbocycles. The van der Waals surface area contributed by atoms with Crippen LogP contribution in [0.4, 0.5) is 10.8 Å². The highest BCUT2D eigenvalue weighted by molar-refractivity contribution is 7.13. The molecule has 0 aliphatic heterocycles. The Morgan fingerprint density at radius 1 is 1.20 bits per heavy atom. The average molecular weight is 359 g/mol. The first-order valence-electron chi connectivity index (χ1n) is 7.65. The smallest absolute Gasteiger partial charge is 0.307 e. The molecule has 3 rings (SSSR count). The summed E-state index contributed by atoms with van der Waals surface area (Å²) in [6.07, 6.45) is 1.59. The van der Waals surface area contributed by atoms with Gasteiger partial charge in [-0.1, -0.05) is 19.9 Å². The van der Waals surface area contributed by atoms with Gasteiger partial charge in [-0.05, 0) is 23.6 Å². The van der Waals surface area contributed by atoms with Crippen molar-refractivity contribution < 1.29 is 19.5 Å². The number of aromatic nitrogens is 1. The summed E-state index contributed by atoms with van der Waals surface area (Å²) in [5.74, 6) is -2.93. The monoisotopic (exact) mass is 359 g/mol. The molecule has 0 spiro atoms. The molecule has 0 bridgehead atoms. The molecule has 1 aromatic carbocycles. The molecule has 0 unspecified atom stereocenters. The van der Waals surface area contributed by atoms with Crippen molar-refractivity contribution in [2.24, 2.45) is 17.3 Å². The molecule has 1 aromatic heterocycles. The van der Waals surface area contributed by atoms with Gasteiger partial charge in [-0.15, -0.1) is 11.3 Å². The number of carbonyl (C=O) groups excluding carboxylic acids is 2. The number of nitrogens with one attached hydrogen (secondary N) is 2. The Balaban J connectivity index is 1.69. The molecule has 2 aromatic rings. The summed E-state index contributed by atoms with van der Waals surface area (Å²) in [6, 6.07) is 6.48. The minimum absolute atomic E-state index is 0.332. The minimum atomic E-state index is -0.971. The lowest BCUT2D eigenvalue weighted by molar-refractivity contribution is -0.140. The number of carboxylic acid groups (broad SMARTS) is 1. The Kier molecular flexibility index (Phi) is 4.30. The number of nitrogens with zero attached hydrogens (tertiary/aromatic N) is 1. The van der Waals surface area contributed by atoms with Crippen LogP contribution in [0.3, 0.4) is 0 Å². The molecule has 1 heterocycles. The van der Waals surface area contributed by atoms with Gasteiger partial charge in [0.15, 0.2) is 5.13 Å². The third-order valence-corrected chi connectivity index (χ3v) is 5.11. The fourth-order valence-electron chi connectivity index (χ4n) is 3.00. The fraction of sp³-hybridized carbons (Fsp3) is 0.294. The van der Waals surface area contributed by atoms with Crippen LogP contribution in [0.15, 0.2) is 35.8 Å². The highest BCUT2D eigenvalue weighted by atomic mass is 32.1. The molecule has 7 nitrogen and oxygen atoms in total. The Morgan fingerprint density at radius 2 is 1.96 bits per heavy atom. The van der Waals surface area contributed by atoms with Gasteiger partial charge in [0.05, 0.1) is 11.8 Å². The molecule has 0 radical (unpaired) electrons. The van der Waals surface area contributed by atoms with E-state index >= 15 is 0 Å². The van der Waals surface area contributed by atoms with Crippen molar-refractivity contribution in [3.63, 3.8) is 0 Å². The summed E-state index contributed by atoms with van der Waals surface area (Å²) in [6.45, 7) is 3.52. The SMILES string of the molecule is CC1(C)[C@@H](C(=O)O)[C@@H]1C(=O)Nc1cccc(C(=O)Nc2nccs2)c1. The van der Waals surface area contributed by atoms with E-state index in [0.29, 0.717) is 16.4 Å². The Bertz CT molecular complexity index is 832. The van der Waals surface area contributed by atoms with Crippen LogP contribution < -0.4 is 10.6 Å². The zero-order valence-corrected chi connectivity index (χ0v) is 14.5. The van der Waals surface area contributed by atoms with E-state index in [0.717, 1.165) is 0 Å². The average Bonchev–Trinajstić information content (AvgIpc) is 2.88. The molecule has 2 atom stereocenters. The van der Waals surface area contributed by atoms with Crippen LogP contribution in [0.2, 0.25) is 0 Å². The van der Waals surface area contributed by atoms with Crippen LogP contribution in [0, 0.1) is 17.3 Å². The summed E-state index contributed by atoms with van der Waals surface area (Å²) in [4.78, 5) is 39.8. The van der Waals surface area contributed by atoms with Gasteiger partial charge in [0.25, 0.3) is 5.91 Å². The van der Waals surface area contributed by atoms with Gasteiger partial charge in [0, 0.05) is 22.8 Å². The Morgan fingerprint density at radius 3 is 2.56 bits per heavy atom. The number of carbonyl (C=O) groups is 3. The lowest BCUT2D eigenvalue weighted by Gasteiger charge is -2.08. The third-order valence-electron chi connectivity index (χ3n) is 4.42. The minimum Gasteiger partial charge on any atom is -0.481 e. The van der Waals surface area contributed by atoms with E-state index in [1.165, 1.54) is 11.3 Å². The van der Waals surface area contributed by atoms with Crippen molar-refractivity contribution in [2.75, 3.05) is 10.6 Å². The summed E-state index contributed by atoms with van der Waals surface area (Å²) >= 11 is 1.31. The molecule has 3 N–H and O–H groups in total. The van der Waals surface area contributed by atoms with Gasteiger partial charge in [-0.2, -0.15) is 0 Å². The molecular formula is C17H17N3O4S. The van der Waals surface area contributed by atoms with E-state index in [1.54, 1.807) is 49.7 Å². The quantitative estimate of drug-likeness (QED) is 0.760. The van der Waals surface area contributed by atoms with Crippen LogP contribution in [0.25, 0.3) is 0 Å². The van der Waals surface area contributed by atoms with Crippen molar-refractivity contribution in [1.29, 1.82) is 0 Å². The van der Waals surface area contributed by atoms with Gasteiger partial charge < -0.3 is 10.4 Å². The second-order valence-electron chi connectivity index (χ2n) is 6.48. The maximum absolute atomic E-state index is 12.4. The van der Waals surface area contributed by atoms with Crippen LogP contribution in [0.1, 0.15) is 24.2 Å². The molecule has 25 heavy (non-hydrogen) atoms. The molecule has 2 amide bonds. The van der Waals surface area contributed by atoms with Gasteiger partial charge in [0.2, 0.25) is 5.91 Å². The maximum Gasteiger partial charge on any atom is 0.307 e. The second kappa shape index (κ2) is 6.29. The summed E-state index contributed by atoms with van der Waals surface area (Å²) in [7, 11) is 0. The van der Waals surface area contributed by atoms with E-state index < -0.39 is 23.2 Å². The molecule has 130 valence electrons. The fourth-order valence-corrected chi connectivity index (χ4v) is 3.52. The number of anilines is 2. The number of hydrogen-bond acceptors (Lipinski definition) is 5. The van der Waals surface area contributed by atoms with E-state index in [2.05, 4.69) is 15.6 Å². The van der Waals surface area contributed by atoms with Crippen molar-refractivity contribution in [3.8, 4) is 0 Å². The molecular weight excluding hydrogens is 342 g/mol. The highest BCUT2D eigenvalue weighted by Gasteiger charge is 2.65. The van der Waals surface area contributed by atoms with E-state index in [-0.39, 0.29) is 11.8 Å². The molecule has 8 heteroatoms. The molecule has 1 aliphatic rings. The van der Waals surface area contributed by atoms with Crippen molar-refractivity contribution >= 4 is 39.9 Å². The summed E-state index contributed by atoms with van der Waals surface area (Å²) in [5, 5.41) is 16.8. The first-order valence-corrected chi connectivity index (χ1v) is 8.53. The lowest BCUT2D eigenvalue weighted by Crippen LogP contribution is -2.18. The van der Waals surface area contributed by atoms with Crippen LogP contribution in [-0.2, 0) is 9.59 Å². The van der Waals surface area contributed by atoms with Crippen molar-refractivity contribution in [3.05, 3.63) is 41.4 Å². The predicted octanol–water partition coefficient (Wildman–Crippen LogP) is 2.69. The van der Waals surface area contributed by atoms with Crippen LogP contribution >= 0.6 is 11.3 Å². The van der Waals surface area contributed by atoms with E-state index in [4.69, 9.17) is 0 Å². The Labute approximate surface area is 148 Å². The number of thiazole rings is 1. The largest absolute Gasteiger partial charge is 0.481 e. The van der Waals surface area contributed by atoms with Gasteiger partial charge in [-0.3, -0.25) is 19.7 Å². The third kappa shape index (κ3) is 3.39. The number of hydrogen-bond donors (Lipinski definition) is 3. The Hall–Kier alpha value is -2.74. The molecule has 1 aliphatic carbocycles. The number of benzene rings is 1. The van der Waals surface area contributed by atoms with Crippen molar-refractivity contribution in [2.45, 2.75) is 13.8 Å². The normalized spacial score (nSPS) is 20.6. The number of carboxylic acids is 1. The lowest BCUT2D eigenvalue weighted by atomic mass is 10.1.